The first kappa shape index (κ1) is 13.8. The SMILES string of the molecule is Cc1cc(C)[o+]c(-c2ccc3c(C)cc(C)cc(C)c2-3)c1. The monoisotopic (exact) mass is 277 g/mol. The van der Waals surface area contributed by atoms with Crippen molar-refractivity contribution in [2.24, 2.45) is 0 Å². The van der Waals surface area contributed by atoms with Crippen molar-refractivity contribution in [3.05, 3.63) is 64.4 Å². The summed E-state index contributed by atoms with van der Waals surface area (Å²) in [5.41, 5.74) is 8.93. The molecule has 0 atom stereocenters. The van der Waals surface area contributed by atoms with Gasteiger partial charge in [0.2, 0.25) is 0 Å². The van der Waals surface area contributed by atoms with E-state index < -0.39 is 0 Å². The molecule has 0 amide bonds. The molecule has 0 radical (unpaired) electrons. The lowest BCUT2D eigenvalue weighted by atomic mass is 10.00. The molecule has 106 valence electrons. The molecule has 1 aromatic rings. The summed E-state index contributed by atoms with van der Waals surface area (Å²) in [4.78, 5) is 0. The third-order valence-electron chi connectivity index (χ3n) is 3.99. The molecule has 1 heterocycles. The van der Waals surface area contributed by atoms with E-state index >= 15 is 0 Å². The van der Waals surface area contributed by atoms with Crippen LogP contribution >= 0.6 is 0 Å². The lowest BCUT2D eigenvalue weighted by Gasteiger charge is -2.02. The molecule has 0 fully saturated rings. The summed E-state index contributed by atoms with van der Waals surface area (Å²) in [5.74, 6) is 1.90. The van der Waals surface area contributed by atoms with Gasteiger partial charge in [0, 0.05) is 17.7 Å². The maximum absolute atomic E-state index is 5.97. The van der Waals surface area contributed by atoms with Gasteiger partial charge in [-0.05, 0) is 56.0 Å². The van der Waals surface area contributed by atoms with Gasteiger partial charge in [0.05, 0.1) is 12.5 Å². The Balaban J connectivity index is 2.32. The lowest BCUT2D eigenvalue weighted by molar-refractivity contribution is 0.530. The number of rotatable bonds is 1. The van der Waals surface area contributed by atoms with Crippen molar-refractivity contribution in [2.45, 2.75) is 34.6 Å². The van der Waals surface area contributed by atoms with Crippen LogP contribution in [0.4, 0.5) is 0 Å². The molecule has 1 nitrogen and oxygen atoms in total. The molecular weight excluding hydrogens is 256 g/mol. The summed E-state index contributed by atoms with van der Waals surface area (Å²) in [7, 11) is 0. The Morgan fingerprint density at radius 3 is 2.00 bits per heavy atom. The van der Waals surface area contributed by atoms with Crippen molar-refractivity contribution in [2.75, 3.05) is 0 Å². The van der Waals surface area contributed by atoms with Gasteiger partial charge in [-0.25, -0.2) is 4.42 Å². The zero-order valence-corrected chi connectivity index (χ0v) is 13.4. The van der Waals surface area contributed by atoms with E-state index in [4.69, 9.17) is 4.42 Å². The normalized spacial score (nSPS) is 11.1. The van der Waals surface area contributed by atoms with E-state index in [2.05, 4.69) is 64.1 Å². The van der Waals surface area contributed by atoms with E-state index in [1.165, 1.54) is 38.9 Å². The Morgan fingerprint density at radius 2 is 1.29 bits per heavy atom. The Morgan fingerprint density at radius 1 is 0.667 bits per heavy atom. The van der Waals surface area contributed by atoms with E-state index in [-0.39, 0.29) is 0 Å². The zero-order valence-electron chi connectivity index (χ0n) is 13.4. The molecule has 21 heavy (non-hydrogen) atoms. The van der Waals surface area contributed by atoms with Gasteiger partial charge in [0.25, 0.3) is 0 Å². The smallest absolute Gasteiger partial charge is 0.213 e. The summed E-state index contributed by atoms with van der Waals surface area (Å²) >= 11 is 0. The first-order valence-electron chi connectivity index (χ1n) is 7.38. The quantitative estimate of drug-likeness (QED) is 0.506. The Hall–Kier alpha value is -2.15. The Kier molecular flexibility index (Phi) is 3.29. The second-order valence-electron chi connectivity index (χ2n) is 6.04. The molecular formula is C20H21O+. The molecule has 0 bridgehead atoms. The van der Waals surface area contributed by atoms with Crippen LogP contribution < -0.4 is 0 Å². The van der Waals surface area contributed by atoms with Crippen molar-refractivity contribution in [3.8, 4) is 22.5 Å². The molecule has 0 saturated heterocycles. The number of aryl methyl sites for hydroxylation is 5. The molecule has 0 saturated carbocycles. The molecule has 0 aliphatic heterocycles. The molecule has 3 rings (SSSR count). The lowest BCUT2D eigenvalue weighted by Crippen LogP contribution is -1.85. The minimum Gasteiger partial charge on any atom is -0.213 e. The molecule has 1 heteroatoms. The Labute approximate surface area is 126 Å². The third-order valence-corrected chi connectivity index (χ3v) is 3.99. The highest BCUT2D eigenvalue weighted by Gasteiger charge is 2.23. The van der Waals surface area contributed by atoms with Gasteiger partial charge in [-0.15, -0.1) is 0 Å². The van der Waals surface area contributed by atoms with E-state index in [9.17, 15) is 0 Å². The fourth-order valence-electron chi connectivity index (χ4n) is 3.25. The number of hydrogen-bond acceptors (Lipinski definition) is 0. The Bertz CT molecular complexity index is 779. The van der Waals surface area contributed by atoms with Crippen LogP contribution in [0.5, 0.6) is 0 Å². The zero-order chi connectivity index (χ0) is 15.1. The van der Waals surface area contributed by atoms with Crippen molar-refractivity contribution in [1.29, 1.82) is 0 Å². The van der Waals surface area contributed by atoms with Crippen LogP contribution in [0.25, 0.3) is 22.5 Å². The molecule has 1 aromatic heterocycles. The second-order valence-corrected chi connectivity index (χ2v) is 6.04. The minimum atomic E-state index is 0.949. The van der Waals surface area contributed by atoms with E-state index in [1.54, 1.807) is 0 Å². The largest absolute Gasteiger partial charge is 0.361 e. The number of fused-ring (bicyclic) bond motifs is 1. The minimum absolute atomic E-state index is 0.949. The van der Waals surface area contributed by atoms with Crippen LogP contribution in [0.1, 0.15) is 28.0 Å². The predicted molar refractivity (Wildman–Crippen MR) is 88.9 cm³/mol. The van der Waals surface area contributed by atoms with Gasteiger partial charge in [0.15, 0.2) is 0 Å². The molecule has 0 spiro atoms. The standard InChI is InChI=1S/C20H21O/c1-12-8-14(3)17-6-7-18(20(17)15(4)9-12)19-11-13(2)10-16(5)21-19/h6-11H,1-5H3/q+1. The van der Waals surface area contributed by atoms with Crippen molar-refractivity contribution < 1.29 is 4.42 Å². The summed E-state index contributed by atoms with van der Waals surface area (Å²) in [6.07, 6.45) is 0. The highest BCUT2D eigenvalue weighted by molar-refractivity contribution is 5.88. The molecule has 0 N–H and O–H groups in total. The van der Waals surface area contributed by atoms with Gasteiger partial charge >= 0.3 is 11.5 Å². The predicted octanol–water partition coefficient (Wildman–Crippen LogP) is 5.87. The maximum atomic E-state index is 5.97. The van der Waals surface area contributed by atoms with Gasteiger partial charge in [-0.1, -0.05) is 23.8 Å². The fourth-order valence-corrected chi connectivity index (χ4v) is 3.25. The molecule has 0 aromatic carbocycles. The van der Waals surface area contributed by atoms with Gasteiger partial charge in [0.1, 0.15) is 0 Å². The van der Waals surface area contributed by atoms with E-state index in [0.29, 0.717) is 0 Å². The summed E-state index contributed by atoms with van der Waals surface area (Å²) in [5, 5.41) is 0. The average molecular weight is 277 g/mol. The van der Waals surface area contributed by atoms with Crippen LogP contribution in [0, 0.1) is 34.6 Å². The van der Waals surface area contributed by atoms with Crippen molar-refractivity contribution in [3.63, 3.8) is 0 Å². The van der Waals surface area contributed by atoms with Crippen LogP contribution in [0.15, 0.2) is 40.8 Å². The van der Waals surface area contributed by atoms with Crippen molar-refractivity contribution in [1.82, 2.24) is 0 Å². The van der Waals surface area contributed by atoms with Crippen LogP contribution in [0.3, 0.4) is 0 Å². The molecule has 2 aliphatic rings. The maximum Gasteiger partial charge on any atom is 0.361 e. The highest BCUT2D eigenvalue weighted by Crippen LogP contribution is 2.40. The van der Waals surface area contributed by atoms with Gasteiger partial charge < -0.3 is 0 Å². The van der Waals surface area contributed by atoms with E-state index in [0.717, 1.165) is 11.5 Å². The van der Waals surface area contributed by atoms with Gasteiger partial charge in [-0.2, -0.15) is 0 Å². The van der Waals surface area contributed by atoms with E-state index in [1.807, 2.05) is 6.92 Å². The third kappa shape index (κ3) is 2.44. The number of hydrogen-bond donors (Lipinski definition) is 0. The van der Waals surface area contributed by atoms with Crippen molar-refractivity contribution >= 4 is 0 Å². The average Bonchev–Trinajstić information content (AvgIpc) is 2.77. The first-order chi connectivity index (χ1) is 9.95. The first-order valence-corrected chi connectivity index (χ1v) is 7.38. The fraction of sp³-hybridized carbons (Fsp3) is 0.250. The van der Waals surface area contributed by atoms with Crippen LogP contribution in [-0.4, -0.2) is 0 Å². The summed E-state index contributed by atoms with van der Waals surface area (Å²) in [6.45, 7) is 10.6. The van der Waals surface area contributed by atoms with Crippen LogP contribution in [-0.2, 0) is 0 Å². The summed E-state index contributed by atoms with van der Waals surface area (Å²) in [6, 6.07) is 13.1. The van der Waals surface area contributed by atoms with Crippen LogP contribution in [0.2, 0.25) is 0 Å². The molecule has 2 aliphatic carbocycles. The summed E-state index contributed by atoms with van der Waals surface area (Å²) < 4.78 is 5.97. The molecule has 0 unspecified atom stereocenters. The topological polar surface area (TPSA) is 11.3 Å². The second kappa shape index (κ2) is 5.00. The highest BCUT2D eigenvalue weighted by atomic mass is 16.3. The van der Waals surface area contributed by atoms with Gasteiger partial charge in [-0.3, -0.25) is 0 Å².